The quantitative estimate of drug-likeness (QED) is 0.436. The van der Waals surface area contributed by atoms with E-state index in [0.717, 1.165) is 5.56 Å². The summed E-state index contributed by atoms with van der Waals surface area (Å²) in [5.74, 6) is 3.17. The third kappa shape index (κ3) is 7.06. The van der Waals surface area contributed by atoms with Crippen LogP contribution >= 0.6 is 0 Å². The van der Waals surface area contributed by atoms with Gasteiger partial charge in [-0.05, 0) is 26.3 Å². The molecule has 4 heteroatoms. The molecule has 0 aliphatic rings. The van der Waals surface area contributed by atoms with Crippen LogP contribution in [0.15, 0.2) is 43.0 Å². The number of nitrogens with zero attached hydrogens (tertiary/aromatic N) is 1. The van der Waals surface area contributed by atoms with Gasteiger partial charge in [-0.15, -0.1) is 12.1 Å². The summed E-state index contributed by atoms with van der Waals surface area (Å²) in [5.41, 5.74) is 3.75. The summed E-state index contributed by atoms with van der Waals surface area (Å²) in [6, 6.07) is 9.55. The largest absolute Gasteiger partial charge is 0.444 e. The van der Waals surface area contributed by atoms with Gasteiger partial charge >= 0.3 is 6.09 Å². The Morgan fingerprint density at radius 1 is 1.29 bits per heavy atom. The number of carbonyl (C=O) groups is 1. The Morgan fingerprint density at radius 2 is 1.88 bits per heavy atom. The molecule has 0 saturated heterocycles. The monoisotopic (exact) mass is 343 g/mol. The summed E-state index contributed by atoms with van der Waals surface area (Å²) in [7, 11) is -1.50. The molecule has 0 unspecified atom stereocenters. The third-order valence-electron chi connectivity index (χ3n) is 3.04. The zero-order valence-electron chi connectivity index (χ0n) is 15.7. The van der Waals surface area contributed by atoms with E-state index in [4.69, 9.17) is 4.74 Å². The second kappa shape index (κ2) is 8.21. The van der Waals surface area contributed by atoms with Crippen LogP contribution in [0, 0.1) is 11.5 Å². The van der Waals surface area contributed by atoms with Crippen molar-refractivity contribution in [3.05, 3.63) is 48.6 Å². The van der Waals surface area contributed by atoms with Crippen molar-refractivity contribution in [3.8, 4) is 11.5 Å². The van der Waals surface area contributed by atoms with E-state index in [9.17, 15) is 4.79 Å². The van der Waals surface area contributed by atoms with E-state index in [1.807, 2.05) is 51.1 Å². The second-order valence-corrected chi connectivity index (χ2v) is 12.5. The van der Waals surface area contributed by atoms with Gasteiger partial charge in [-0.1, -0.05) is 62.0 Å². The summed E-state index contributed by atoms with van der Waals surface area (Å²) in [5, 5.41) is 0. The molecule has 0 aliphatic heterocycles. The Morgan fingerprint density at radius 3 is 2.33 bits per heavy atom. The number of ether oxygens (including phenoxy) is 1. The lowest BCUT2D eigenvalue weighted by Crippen LogP contribution is -2.39. The van der Waals surface area contributed by atoms with Crippen LogP contribution in [-0.2, 0) is 4.74 Å². The topological polar surface area (TPSA) is 29.5 Å². The van der Waals surface area contributed by atoms with Gasteiger partial charge in [0.15, 0.2) is 0 Å². The average molecular weight is 344 g/mol. The number of benzene rings is 1. The Labute approximate surface area is 147 Å². The normalized spacial score (nSPS) is 12.6. The highest BCUT2D eigenvalue weighted by atomic mass is 28.3. The molecule has 0 N–H and O–H groups in total. The first-order valence-corrected chi connectivity index (χ1v) is 11.7. The molecular formula is C20H29NO2Si. The Bertz CT molecular complexity index is 615. The van der Waals surface area contributed by atoms with E-state index in [1.165, 1.54) is 0 Å². The van der Waals surface area contributed by atoms with Gasteiger partial charge in [0.2, 0.25) is 0 Å². The van der Waals surface area contributed by atoms with Crippen molar-refractivity contribution < 1.29 is 9.53 Å². The van der Waals surface area contributed by atoms with Crippen molar-refractivity contribution in [3.63, 3.8) is 0 Å². The van der Waals surface area contributed by atoms with E-state index in [1.54, 1.807) is 11.0 Å². The highest BCUT2D eigenvalue weighted by Gasteiger charge is 2.27. The zero-order chi connectivity index (χ0) is 18.4. The molecule has 1 amide bonds. The van der Waals surface area contributed by atoms with E-state index in [-0.39, 0.29) is 12.1 Å². The Balaban J connectivity index is 3.12. The van der Waals surface area contributed by atoms with Crippen molar-refractivity contribution in [1.82, 2.24) is 4.90 Å². The molecule has 0 radical (unpaired) electrons. The van der Waals surface area contributed by atoms with Crippen LogP contribution in [0.25, 0.3) is 0 Å². The maximum absolute atomic E-state index is 12.7. The fourth-order valence-electron chi connectivity index (χ4n) is 2.08. The Kier molecular flexibility index (Phi) is 6.86. The molecule has 24 heavy (non-hydrogen) atoms. The predicted octanol–water partition coefficient (Wildman–Crippen LogP) is 5.03. The zero-order valence-corrected chi connectivity index (χ0v) is 16.7. The van der Waals surface area contributed by atoms with E-state index >= 15 is 0 Å². The van der Waals surface area contributed by atoms with Crippen LogP contribution in [0.2, 0.25) is 19.6 Å². The molecule has 0 spiro atoms. The molecule has 1 aromatic carbocycles. The van der Waals surface area contributed by atoms with Gasteiger partial charge in [0.05, 0.1) is 12.6 Å². The van der Waals surface area contributed by atoms with Gasteiger partial charge in [-0.25, -0.2) is 4.79 Å². The summed E-state index contributed by atoms with van der Waals surface area (Å²) >= 11 is 0. The van der Waals surface area contributed by atoms with Gasteiger partial charge in [0.1, 0.15) is 13.7 Å². The average Bonchev–Trinajstić information content (AvgIpc) is 2.44. The molecule has 0 bridgehead atoms. The molecule has 0 aromatic heterocycles. The predicted molar refractivity (Wildman–Crippen MR) is 103 cm³/mol. The number of hydrogen-bond donors (Lipinski definition) is 0. The molecule has 0 heterocycles. The first-order chi connectivity index (χ1) is 11.0. The summed E-state index contributed by atoms with van der Waals surface area (Å²) in [6.07, 6.45) is 1.39. The van der Waals surface area contributed by atoms with Crippen LogP contribution in [-0.4, -0.2) is 31.2 Å². The number of rotatable bonds is 4. The fourth-order valence-corrected chi connectivity index (χ4v) is 2.69. The van der Waals surface area contributed by atoms with Gasteiger partial charge in [-0.2, -0.15) is 0 Å². The van der Waals surface area contributed by atoms with E-state index < -0.39 is 13.7 Å². The molecule has 0 saturated carbocycles. The summed E-state index contributed by atoms with van der Waals surface area (Å²) in [4.78, 5) is 14.3. The smallest absolute Gasteiger partial charge is 0.411 e. The first kappa shape index (κ1) is 20.1. The Hall–Kier alpha value is -1.99. The van der Waals surface area contributed by atoms with E-state index in [0.29, 0.717) is 6.54 Å². The minimum absolute atomic E-state index is 0.267. The van der Waals surface area contributed by atoms with Gasteiger partial charge in [0.25, 0.3) is 0 Å². The SMILES string of the molecule is C=C[C@@H](c1ccccc1)N(CC#C[Si](C)(C)C)C(=O)OC(C)(C)C. The molecule has 1 rings (SSSR count). The van der Waals surface area contributed by atoms with Crippen molar-refractivity contribution >= 4 is 14.2 Å². The second-order valence-electron chi connectivity index (χ2n) is 7.75. The summed E-state index contributed by atoms with van der Waals surface area (Å²) < 4.78 is 5.57. The highest BCUT2D eigenvalue weighted by Crippen LogP contribution is 2.24. The highest BCUT2D eigenvalue weighted by molar-refractivity contribution is 6.83. The lowest BCUT2D eigenvalue weighted by atomic mass is 10.1. The maximum atomic E-state index is 12.7. The third-order valence-corrected chi connectivity index (χ3v) is 3.97. The molecule has 3 nitrogen and oxygen atoms in total. The molecule has 0 fully saturated rings. The van der Waals surface area contributed by atoms with Crippen molar-refractivity contribution in [1.29, 1.82) is 0 Å². The number of carbonyl (C=O) groups excluding carboxylic acids is 1. The van der Waals surface area contributed by atoms with Crippen LogP contribution in [0.4, 0.5) is 4.79 Å². The van der Waals surface area contributed by atoms with Gasteiger partial charge in [0, 0.05) is 0 Å². The number of hydrogen-bond acceptors (Lipinski definition) is 2. The maximum Gasteiger partial charge on any atom is 0.411 e. The van der Waals surface area contributed by atoms with Crippen molar-refractivity contribution in [2.24, 2.45) is 0 Å². The number of amides is 1. The standard InChI is InChI=1S/C20H29NO2Si/c1-8-18(17-13-10-9-11-14-17)21(15-12-16-24(5,6)7)19(22)23-20(2,3)4/h8-11,13-14,18H,1,15H2,2-7H3/t18-/m0/s1. The first-order valence-electron chi connectivity index (χ1n) is 8.20. The molecule has 1 aromatic rings. The molecular weight excluding hydrogens is 314 g/mol. The molecule has 0 aliphatic carbocycles. The van der Waals surface area contributed by atoms with Crippen molar-refractivity contribution in [2.75, 3.05) is 6.54 Å². The van der Waals surface area contributed by atoms with Gasteiger partial charge in [-0.3, -0.25) is 4.90 Å². The van der Waals surface area contributed by atoms with Crippen molar-refractivity contribution in [2.45, 2.75) is 52.1 Å². The summed E-state index contributed by atoms with van der Waals surface area (Å²) in [6.45, 7) is 16.4. The lowest BCUT2D eigenvalue weighted by molar-refractivity contribution is 0.0226. The minimum atomic E-state index is -1.50. The van der Waals surface area contributed by atoms with Crippen LogP contribution in [0.1, 0.15) is 32.4 Å². The molecule has 1 atom stereocenters. The fraction of sp³-hybridized carbons (Fsp3) is 0.450. The molecule has 130 valence electrons. The van der Waals surface area contributed by atoms with Gasteiger partial charge < -0.3 is 4.74 Å². The van der Waals surface area contributed by atoms with Crippen LogP contribution in [0.5, 0.6) is 0 Å². The van der Waals surface area contributed by atoms with Crippen LogP contribution < -0.4 is 0 Å². The lowest BCUT2D eigenvalue weighted by Gasteiger charge is -2.31. The van der Waals surface area contributed by atoms with E-state index in [2.05, 4.69) is 37.7 Å². The minimum Gasteiger partial charge on any atom is -0.444 e. The van der Waals surface area contributed by atoms with Crippen LogP contribution in [0.3, 0.4) is 0 Å².